The zero-order valence-corrected chi connectivity index (χ0v) is 18.5. The Morgan fingerprint density at radius 2 is 2.21 bits per heavy atom. The first-order chi connectivity index (χ1) is 13.2. The lowest BCUT2D eigenvalue weighted by Crippen LogP contribution is -2.41. The van der Waals surface area contributed by atoms with E-state index in [0.29, 0.717) is 19.1 Å². The Hall–Kier alpha value is -2.17. The van der Waals surface area contributed by atoms with Crippen LogP contribution in [0, 0.1) is 0 Å². The van der Waals surface area contributed by atoms with E-state index in [0.717, 1.165) is 42.7 Å². The number of benzene rings is 1. The molecule has 1 N–H and O–H groups in total. The van der Waals surface area contributed by atoms with E-state index in [-0.39, 0.29) is 30.8 Å². The number of aryl methyl sites for hydroxylation is 1. The van der Waals surface area contributed by atoms with Crippen LogP contribution in [-0.2, 0) is 7.05 Å². The molecule has 1 unspecified atom stereocenters. The zero-order chi connectivity index (χ0) is 18.6. The molecular formula is C19H26IN5O3. The van der Waals surface area contributed by atoms with Crippen LogP contribution >= 0.6 is 24.0 Å². The second-order valence-electron chi connectivity index (χ2n) is 6.72. The predicted molar refractivity (Wildman–Crippen MR) is 117 cm³/mol. The van der Waals surface area contributed by atoms with Gasteiger partial charge in [0.2, 0.25) is 6.79 Å². The van der Waals surface area contributed by atoms with E-state index in [1.165, 1.54) is 5.56 Å². The van der Waals surface area contributed by atoms with Crippen LogP contribution in [0.15, 0.2) is 35.6 Å². The number of nitrogens with zero attached hydrogens (tertiary/aromatic N) is 4. The van der Waals surface area contributed by atoms with Crippen molar-refractivity contribution in [1.29, 1.82) is 0 Å². The Balaban J connectivity index is 0.00000225. The van der Waals surface area contributed by atoms with Gasteiger partial charge in [-0.2, -0.15) is 5.10 Å². The van der Waals surface area contributed by atoms with Gasteiger partial charge in [0.1, 0.15) is 12.4 Å². The van der Waals surface area contributed by atoms with Crippen molar-refractivity contribution in [2.75, 3.05) is 40.1 Å². The minimum absolute atomic E-state index is 0. The van der Waals surface area contributed by atoms with E-state index in [4.69, 9.17) is 14.2 Å². The molecule has 0 spiro atoms. The Morgan fingerprint density at radius 3 is 3.00 bits per heavy atom. The van der Waals surface area contributed by atoms with Crippen LogP contribution in [0.1, 0.15) is 17.9 Å². The number of hydrogen-bond donors (Lipinski definition) is 1. The van der Waals surface area contributed by atoms with Crippen molar-refractivity contribution in [3.63, 3.8) is 0 Å². The smallest absolute Gasteiger partial charge is 0.231 e. The first-order valence-electron chi connectivity index (χ1n) is 9.19. The summed E-state index contributed by atoms with van der Waals surface area (Å²) in [5, 5.41) is 7.67. The van der Waals surface area contributed by atoms with E-state index in [1.54, 1.807) is 0 Å². The van der Waals surface area contributed by atoms with Crippen LogP contribution < -0.4 is 19.5 Å². The zero-order valence-electron chi connectivity index (χ0n) is 16.1. The molecule has 28 heavy (non-hydrogen) atoms. The van der Waals surface area contributed by atoms with Gasteiger partial charge in [0.05, 0.1) is 12.7 Å². The molecule has 0 aliphatic carbocycles. The fourth-order valence-electron chi connectivity index (χ4n) is 3.51. The predicted octanol–water partition coefficient (Wildman–Crippen LogP) is 2.21. The Bertz CT molecular complexity index is 826. The highest BCUT2D eigenvalue weighted by atomic mass is 127. The fourth-order valence-corrected chi connectivity index (χ4v) is 3.51. The maximum atomic E-state index is 5.80. The number of ether oxygens (including phenoxy) is 3. The number of hydrogen-bond acceptors (Lipinski definition) is 5. The van der Waals surface area contributed by atoms with Gasteiger partial charge in [-0.15, -0.1) is 24.0 Å². The standard InChI is InChI=1S/C19H25N5O3.HI/c1-20-19(24-7-5-14(12-24)15-10-22-23(2)11-15)21-6-8-25-16-3-4-17-18(9-16)27-13-26-17;/h3-4,9-11,14H,5-8,12-13H2,1-2H3,(H,20,21);1H. The topological polar surface area (TPSA) is 73.1 Å². The van der Waals surface area contributed by atoms with Crippen molar-refractivity contribution in [3.8, 4) is 17.2 Å². The summed E-state index contributed by atoms with van der Waals surface area (Å²) >= 11 is 0. The van der Waals surface area contributed by atoms with Crippen molar-refractivity contribution >= 4 is 29.9 Å². The minimum Gasteiger partial charge on any atom is -0.492 e. The molecule has 1 saturated heterocycles. The monoisotopic (exact) mass is 499 g/mol. The molecule has 1 fully saturated rings. The van der Waals surface area contributed by atoms with Crippen molar-refractivity contribution in [3.05, 3.63) is 36.2 Å². The molecule has 2 aromatic rings. The molecular weight excluding hydrogens is 473 g/mol. The number of guanidine groups is 1. The molecule has 3 heterocycles. The van der Waals surface area contributed by atoms with Crippen LogP contribution in [-0.4, -0.2) is 60.7 Å². The molecule has 1 aromatic heterocycles. The highest BCUT2D eigenvalue weighted by molar-refractivity contribution is 14.0. The molecule has 2 aliphatic rings. The highest BCUT2D eigenvalue weighted by Crippen LogP contribution is 2.35. The van der Waals surface area contributed by atoms with Gasteiger partial charge in [0, 0.05) is 45.4 Å². The van der Waals surface area contributed by atoms with Gasteiger partial charge in [-0.05, 0) is 24.1 Å². The van der Waals surface area contributed by atoms with Gasteiger partial charge in [-0.1, -0.05) is 0 Å². The molecule has 4 rings (SSSR count). The Morgan fingerprint density at radius 1 is 1.36 bits per heavy atom. The number of rotatable bonds is 5. The third-order valence-corrected chi connectivity index (χ3v) is 4.89. The number of halogens is 1. The maximum Gasteiger partial charge on any atom is 0.231 e. The third kappa shape index (κ3) is 4.62. The average Bonchev–Trinajstić information content (AvgIpc) is 3.41. The van der Waals surface area contributed by atoms with Crippen LogP contribution in [0.25, 0.3) is 0 Å². The number of nitrogens with one attached hydrogen (secondary N) is 1. The Kier molecular flexibility index (Phi) is 6.87. The fraction of sp³-hybridized carbons (Fsp3) is 0.474. The van der Waals surface area contributed by atoms with Crippen LogP contribution in [0.3, 0.4) is 0 Å². The number of fused-ring (bicyclic) bond motifs is 1. The van der Waals surface area contributed by atoms with E-state index >= 15 is 0 Å². The van der Waals surface area contributed by atoms with Crippen LogP contribution in [0.2, 0.25) is 0 Å². The molecule has 8 nitrogen and oxygen atoms in total. The van der Waals surface area contributed by atoms with Crippen molar-refractivity contribution in [2.24, 2.45) is 12.0 Å². The Labute approximate surface area is 181 Å². The molecule has 152 valence electrons. The molecule has 0 saturated carbocycles. The summed E-state index contributed by atoms with van der Waals surface area (Å²) in [6.07, 6.45) is 5.17. The molecule has 0 bridgehead atoms. The van der Waals surface area contributed by atoms with Crippen LogP contribution in [0.4, 0.5) is 0 Å². The SMILES string of the molecule is CN=C(NCCOc1ccc2c(c1)OCO2)N1CCC(c2cnn(C)c2)C1.I. The lowest BCUT2D eigenvalue weighted by atomic mass is 10.0. The third-order valence-electron chi connectivity index (χ3n) is 4.89. The summed E-state index contributed by atoms with van der Waals surface area (Å²) < 4.78 is 18.3. The second-order valence-corrected chi connectivity index (χ2v) is 6.72. The van der Waals surface area contributed by atoms with E-state index in [9.17, 15) is 0 Å². The van der Waals surface area contributed by atoms with Crippen molar-refractivity contribution in [1.82, 2.24) is 20.0 Å². The van der Waals surface area contributed by atoms with Crippen molar-refractivity contribution < 1.29 is 14.2 Å². The maximum absolute atomic E-state index is 5.80. The number of aliphatic imine (C=N–C) groups is 1. The summed E-state index contributed by atoms with van der Waals surface area (Å²) in [5.41, 5.74) is 1.29. The lowest BCUT2D eigenvalue weighted by Gasteiger charge is -2.21. The van der Waals surface area contributed by atoms with E-state index in [2.05, 4.69) is 26.5 Å². The molecule has 9 heteroatoms. The summed E-state index contributed by atoms with van der Waals surface area (Å²) in [4.78, 5) is 6.70. The lowest BCUT2D eigenvalue weighted by molar-refractivity contribution is 0.173. The van der Waals surface area contributed by atoms with Gasteiger partial charge < -0.3 is 24.4 Å². The summed E-state index contributed by atoms with van der Waals surface area (Å²) in [5.74, 6) is 3.68. The minimum atomic E-state index is 0. The molecule has 1 atom stereocenters. The van der Waals surface area contributed by atoms with Gasteiger partial charge in [0.15, 0.2) is 17.5 Å². The molecule has 0 amide bonds. The van der Waals surface area contributed by atoms with Gasteiger partial charge in [0.25, 0.3) is 0 Å². The molecule has 0 radical (unpaired) electrons. The number of aromatic nitrogens is 2. The first kappa shape index (κ1) is 20.6. The highest BCUT2D eigenvalue weighted by Gasteiger charge is 2.26. The summed E-state index contributed by atoms with van der Waals surface area (Å²) in [7, 11) is 3.77. The number of likely N-dealkylation sites (tertiary alicyclic amines) is 1. The second kappa shape index (κ2) is 9.35. The van der Waals surface area contributed by atoms with Crippen molar-refractivity contribution in [2.45, 2.75) is 12.3 Å². The summed E-state index contributed by atoms with van der Waals surface area (Å²) in [6.45, 7) is 3.43. The largest absolute Gasteiger partial charge is 0.492 e. The average molecular weight is 499 g/mol. The van der Waals surface area contributed by atoms with E-state index < -0.39 is 0 Å². The molecule has 2 aliphatic heterocycles. The van der Waals surface area contributed by atoms with Gasteiger partial charge in [-0.3, -0.25) is 9.67 Å². The normalized spacial score (nSPS) is 18.1. The summed E-state index contributed by atoms with van der Waals surface area (Å²) in [6, 6.07) is 5.62. The van der Waals surface area contributed by atoms with Gasteiger partial charge in [-0.25, -0.2) is 0 Å². The molecule has 1 aromatic carbocycles. The van der Waals surface area contributed by atoms with E-state index in [1.807, 2.05) is 43.2 Å². The van der Waals surface area contributed by atoms with Crippen LogP contribution in [0.5, 0.6) is 17.2 Å². The quantitative estimate of drug-likeness (QED) is 0.295. The van der Waals surface area contributed by atoms with Gasteiger partial charge >= 0.3 is 0 Å². The first-order valence-corrected chi connectivity index (χ1v) is 9.19.